The third-order valence-electron chi connectivity index (χ3n) is 5.11. The Morgan fingerprint density at radius 1 is 1.12 bits per heavy atom. The maximum atomic E-state index is 12.7. The molecule has 1 aromatic carbocycles. The van der Waals surface area contributed by atoms with Crippen molar-refractivity contribution in [2.24, 2.45) is 0 Å². The van der Waals surface area contributed by atoms with Gasteiger partial charge in [0.05, 0.1) is 7.11 Å². The fraction of sp³-hybridized carbons (Fsp3) is 0.550. The largest absolute Gasteiger partial charge is 0.497 e. The summed E-state index contributed by atoms with van der Waals surface area (Å²) < 4.78 is 5.16. The lowest BCUT2D eigenvalue weighted by molar-refractivity contribution is -0.129. The minimum atomic E-state index is 0.148. The van der Waals surface area contributed by atoms with Gasteiger partial charge in [-0.1, -0.05) is 12.1 Å². The second kappa shape index (κ2) is 8.34. The van der Waals surface area contributed by atoms with Crippen molar-refractivity contribution in [3.8, 4) is 5.75 Å². The van der Waals surface area contributed by atoms with E-state index in [0.29, 0.717) is 6.04 Å². The Bertz CT molecular complexity index is 562. The molecule has 130 valence electrons. The van der Waals surface area contributed by atoms with Crippen molar-refractivity contribution in [1.82, 2.24) is 9.80 Å². The molecule has 0 spiro atoms. The lowest BCUT2D eigenvalue weighted by atomic mass is 10.0. The van der Waals surface area contributed by atoms with Gasteiger partial charge in [0.15, 0.2) is 0 Å². The van der Waals surface area contributed by atoms with Gasteiger partial charge in [0.25, 0.3) is 0 Å². The van der Waals surface area contributed by atoms with Crippen LogP contribution in [0.1, 0.15) is 37.7 Å². The van der Waals surface area contributed by atoms with E-state index in [9.17, 15) is 4.79 Å². The molecule has 2 saturated heterocycles. The molecule has 2 fully saturated rings. The molecule has 0 aliphatic carbocycles. The number of carbonyl (C=O) groups excluding carboxylic acids is 1. The Hall–Kier alpha value is -1.81. The normalized spacial score (nSPS) is 22.2. The highest BCUT2D eigenvalue weighted by molar-refractivity contribution is 5.92. The first-order valence-electron chi connectivity index (χ1n) is 9.11. The number of hydrogen-bond acceptors (Lipinski definition) is 3. The van der Waals surface area contributed by atoms with Gasteiger partial charge in [0, 0.05) is 25.2 Å². The lowest BCUT2D eigenvalue weighted by Gasteiger charge is -2.37. The minimum Gasteiger partial charge on any atom is -0.497 e. The topological polar surface area (TPSA) is 32.8 Å². The van der Waals surface area contributed by atoms with Crippen LogP contribution in [0.2, 0.25) is 0 Å². The van der Waals surface area contributed by atoms with Gasteiger partial charge >= 0.3 is 0 Å². The van der Waals surface area contributed by atoms with Crippen LogP contribution in [0.3, 0.4) is 0 Å². The SMILES string of the molecule is COc1ccc(/C=C/C(=O)N2CCCCC2CN2CCCC2)cc1. The van der Waals surface area contributed by atoms with E-state index in [-0.39, 0.29) is 5.91 Å². The van der Waals surface area contributed by atoms with Crippen molar-refractivity contribution in [1.29, 1.82) is 0 Å². The third kappa shape index (κ3) is 4.38. The standard InChI is InChI=1S/C20H28N2O2/c1-24-19-10-7-17(8-11-19)9-12-20(23)22-15-3-2-6-18(22)16-21-13-4-5-14-21/h7-12,18H,2-6,13-16H2,1H3/b12-9+. The Morgan fingerprint density at radius 2 is 1.83 bits per heavy atom. The quantitative estimate of drug-likeness (QED) is 0.778. The summed E-state index contributed by atoms with van der Waals surface area (Å²) in [7, 11) is 1.66. The number of likely N-dealkylation sites (tertiary alicyclic amines) is 2. The molecule has 4 heteroatoms. The van der Waals surface area contributed by atoms with Gasteiger partial charge in [0.1, 0.15) is 5.75 Å². The van der Waals surface area contributed by atoms with Gasteiger partial charge in [-0.05, 0) is 69.0 Å². The van der Waals surface area contributed by atoms with Gasteiger partial charge in [0.2, 0.25) is 5.91 Å². The van der Waals surface area contributed by atoms with Gasteiger partial charge in [-0.3, -0.25) is 4.79 Å². The van der Waals surface area contributed by atoms with E-state index >= 15 is 0 Å². The monoisotopic (exact) mass is 328 g/mol. The third-order valence-corrected chi connectivity index (χ3v) is 5.11. The summed E-state index contributed by atoms with van der Waals surface area (Å²) in [5.74, 6) is 0.981. The van der Waals surface area contributed by atoms with Crippen molar-refractivity contribution >= 4 is 12.0 Å². The second-order valence-corrected chi connectivity index (χ2v) is 6.80. The molecule has 2 heterocycles. The van der Waals surface area contributed by atoms with Crippen molar-refractivity contribution < 1.29 is 9.53 Å². The molecule has 0 aromatic heterocycles. The molecule has 0 bridgehead atoms. The fourth-order valence-electron chi connectivity index (χ4n) is 3.72. The lowest BCUT2D eigenvalue weighted by Crippen LogP contribution is -2.48. The van der Waals surface area contributed by atoms with Crippen LogP contribution in [0.5, 0.6) is 5.75 Å². The summed E-state index contributed by atoms with van der Waals surface area (Å²) in [6.07, 6.45) is 9.74. The molecule has 2 aliphatic rings. The molecule has 24 heavy (non-hydrogen) atoms. The number of ether oxygens (including phenoxy) is 1. The molecule has 1 atom stereocenters. The highest BCUT2D eigenvalue weighted by Gasteiger charge is 2.27. The van der Waals surface area contributed by atoms with Crippen LogP contribution in [-0.2, 0) is 4.79 Å². The fourth-order valence-corrected chi connectivity index (χ4v) is 3.72. The van der Waals surface area contributed by atoms with Gasteiger partial charge < -0.3 is 14.5 Å². The highest BCUT2D eigenvalue weighted by atomic mass is 16.5. The molecule has 0 radical (unpaired) electrons. The van der Waals surface area contributed by atoms with Gasteiger partial charge in [-0.25, -0.2) is 0 Å². The van der Waals surface area contributed by atoms with Crippen molar-refractivity contribution in [3.63, 3.8) is 0 Å². The molecule has 0 N–H and O–H groups in total. The summed E-state index contributed by atoms with van der Waals surface area (Å²) in [6.45, 7) is 4.33. The molecule has 1 aromatic rings. The van der Waals surface area contributed by atoms with Gasteiger partial charge in [-0.2, -0.15) is 0 Å². The predicted octanol–water partition coefficient (Wildman–Crippen LogP) is 3.19. The van der Waals surface area contributed by atoms with E-state index in [1.807, 2.05) is 30.3 Å². The van der Waals surface area contributed by atoms with Crippen LogP contribution >= 0.6 is 0 Å². The zero-order valence-corrected chi connectivity index (χ0v) is 14.6. The Kier molecular flexibility index (Phi) is 5.91. The molecule has 0 saturated carbocycles. The number of carbonyl (C=O) groups is 1. The smallest absolute Gasteiger partial charge is 0.246 e. The Labute approximate surface area is 145 Å². The minimum absolute atomic E-state index is 0.148. The summed E-state index contributed by atoms with van der Waals surface area (Å²) in [5, 5.41) is 0. The average Bonchev–Trinajstić information content (AvgIpc) is 3.13. The maximum absolute atomic E-state index is 12.7. The number of rotatable bonds is 5. The Morgan fingerprint density at radius 3 is 2.54 bits per heavy atom. The van der Waals surface area contributed by atoms with E-state index in [1.165, 1.54) is 32.4 Å². The summed E-state index contributed by atoms with van der Waals surface area (Å²) >= 11 is 0. The molecule has 3 rings (SSSR count). The highest BCUT2D eigenvalue weighted by Crippen LogP contribution is 2.21. The summed E-state index contributed by atoms with van der Waals surface area (Å²) in [5.41, 5.74) is 1.03. The second-order valence-electron chi connectivity index (χ2n) is 6.80. The molecule has 1 unspecified atom stereocenters. The summed E-state index contributed by atoms with van der Waals surface area (Å²) in [4.78, 5) is 17.3. The molecule has 2 aliphatic heterocycles. The van der Waals surface area contributed by atoms with Crippen LogP contribution in [0, 0.1) is 0 Å². The number of nitrogens with zero attached hydrogens (tertiary/aromatic N) is 2. The first-order valence-corrected chi connectivity index (χ1v) is 9.11. The predicted molar refractivity (Wildman–Crippen MR) is 97.1 cm³/mol. The zero-order chi connectivity index (χ0) is 16.8. The van der Waals surface area contributed by atoms with Crippen molar-refractivity contribution in [2.75, 3.05) is 33.3 Å². The van der Waals surface area contributed by atoms with E-state index in [2.05, 4.69) is 9.80 Å². The summed E-state index contributed by atoms with van der Waals surface area (Å²) in [6, 6.07) is 8.16. The first kappa shape index (κ1) is 17.0. The zero-order valence-electron chi connectivity index (χ0n) is 14.6. The average molecular weight is 328 g/mol. The van der Waals surface area contributed by atoms with E-state index in [0.717, 1.165) is 37.2 Å². The van der Waals surface area contributed by atoms with Crippen LogP contribution in [0.4, 0.5) is 0 Å². The Balaban J connectivity index is 1.61. The first-order chi connectivity index (χ1) is 11.8. The van der Waals surface area contributed by atoms with Crippen LogP contribution in [-0.4, -0.2) is 55.0 Å². The number of piperidine rings is 1. The molecular formula is C20H28N2O2. The number of methoxy groups -OCH3 is 1. The molecule has 1 amide bonds. The molecular weight excluding hydrogens is 300 g/mol. The van der Waals surface area contributed by atoms with E-state index < -0.39 is 0 Å². The van der Waals surface area contributed by atoms with Crippen molar-refractivity contribution in [2.45, 2.75) is 38.1 Å². The van der Waals surface area contributed by atoms with Crippen LogP contribution < -0.4 is 4.74 Å². The van der Waals surface area contributed by atoms with E-state index in [4.69, 9.17) is 4.74 Å². The van der Waals surface area contributed by atoms with Crippen molar-refractivity contribution in [3.05, 3.63) is 35.9 Å². The number of hydrogen-bond donors (Lipinski definition) is 0. The maximum Gasteiger partial charge on any atom is 0.246 e. The molecule has 4 nitrogen and oxygen atoms in total. The number of benzene rings is 1. The van der Waals surface area contributed by atoms with Crippen LogP contribution in [0.15, 0.2) is 30.3 Å². The van der Waals surface area contributed by atoms with Crippen LogP contribution in [0.25, 0.3) is 6.08 Å². The van der Waals surface area contributed by atoms with E-state index in [1.54, 1.807) is 13.2 Å². The number of amides is 1. The van der Waals surface area contributed by atoms with Gasteiger partial charge in [-0.15, -0.1) is 0 Å².